The molecule has 98 valence electrons. The summed E-state index contributed by atoms with van der Waals surface area (Å²) < 4.78 is 4.88. The van der Waals surface area contributed by atoms with Gasteiger partial charge in [0.1, 0.15) is 0 Å². The molecule has 0 saturated heterocycles. The molecule has 1 aromatic rings. The molecule has 1 amide bonds. The molecule has 6 heteroatoms. The van der Waals surface area contributed by atoms with Gasteiger partial charge in [-0.2, -0.15) is 0 Å². The summed E-state index contributed by atoms with van der Waals surface area (Å²) in [6.07, 6.45) is -0.664. The second-order valence-corrected chi connectivity index (χ2v) is 4.44. The molecule has 0 bridgehead atoms. The number of carbonyl (C=O) groups excluding carboxylic acids is 2. The molecule has 0 radical (unpaired) electrons. The summed E-state index contributed by atoms with van der Waals surface area (Å²) in [4.78, 5) is 22.8. The first-order valence-corrected chi connectivity index (χ1v) is 6.15. The molecule has 18 heavy (non-hydrogen) atoms. The number of hydrogen-bond donors (Lipinski definition) is 1. The van der Waals surface area contributed by atoms with Crippen LogP contribution in [0.3, 0.4) is 0 Å². The van der Waals surface area contributed by atoms with E-state index in [1.54, 1.807) is 19.1 Å². The van der Waals surface area contributed by atoms with Gasteiger partial charge >= 0.3 is 5.97 Å². The highest BCUT2D eigenvalue weighted by atomic mass is 35.5. The molecule has 0 aromatic heterocycles. The minimum absolute atomic E-state index is 0.218. The topological polar surface area (TPSA) is 55.4 Å². The highest BCUT2D eigenvalue weighted by molar-refractivity contribution is 6.35. The summed E-state index contributed by atoms with van der Waals surface area (Å²) in [7, 11) is 0. The molecule has 1 aromatic carbocycles. The monoisotopic (exact) mass is 289 g/mol. The first-order valence-electron chi connectivity index (χ1n) is 5.39. The van der Waals surface area contributed by atoms with E-state index in [0.29, 0.717) is 15.7 Å². The van der Waals surface area contributed by atoms with Crippen molar-refractivity contribution in [2.75, 3.05) is 5.32 Å². The second kappa shape index (κ2) is 6.61. The molecule has 0 aliphatic carbocycles. The van der Waals surface area contributed by atoms with Crippen LogP contribution in [0.5, 0.6) is 0 Å². The average molecular weight is 290 g/mol. The molecule has 0 saturated carbocycles. The molecule has 1 N–H and O–H groups in total. The number of benzene rings is 1. The lowest BCUT2D eigenvalue weighted by Crippen LogP contribution is -2.29. The number of ether oxygens (including phenoxy) is 1. The summed E-state index contributed by atoms with van der Waals surface area (Å²) in [6.45, 7) is 3.14. The van der Waals surface area contributed by atoms with E-state index in [2.05, 4.69) is 5.32 Å². The Morgan fingerprint density at radius 2 is 2.06 bits per heavy atom. The van der Waals surface area contributed by atoms with Crippen LogP contribution in [0.25, 0.3) is 0 Å². The minimum Gasteiger partial charge on any atom is -0.453 e. The fraction of sp³-hybridized carbons (Fsp3) is 0.333. The lowest BCUT2D eigenvalue weighted by atomic mass is 10.3. The Morgan fingerprint density at radius 3 is 2.67 bits per heavy atom. The SMILES string of the molecule is CCC(=O)O[C@H](C)C(=O)Nc1cc(Cl)ccc1Cl. The zero-order valence-electron chi connectivity index (χ0n) is 10.00. The lowest BCUT2D eigenvalue weighted by Gasteiger charge is -2.13. The fourth-order valence-electron chi connectivity index (χ4n) is 1.16. The van der Waals surface area contributed by atoms with E-state index >= 15 is 0 Å². The van der Waals surface area contributed by atoms with E-state index in [4.69, 9.17) is 27.9 Å². The quantitative estimate of drug-likeness (QED) is 0.866. The van der Waals surface area contributed by atoms with Gasteiger partial charge in [-0.15, -0.1) is 0 Å². The highest BCUT2D eigenvalue weighted by Crippen LogP contribution is 2.25. The van der Waals surface area contributed by atoms with Gasteiger partial charge in [0.15, 0.2) is 6.10 Å². The van der Waals surface area contributed by atoms with Crippen LogP contribution in [0, 0.1) is 0 Å². The van der Waals surface area contributed by atoms with Crippen molar-refractivity contribution in [1.29, 1.82) is 0 Å². The summed E-state index contributed by atoms with van der Waals surface area (Å²) in [5.41, 5.74) is 0.383. The smallest absolute Gasteiger partial charge is 0.306 e. The molecule has 0 spiro atoms. The number of anilines is 1. The van der Waals surface area contributed by atoms with Gasteiger partial charge in [-0.25, -0.2) is 0 Å². The third-order valence-electron chi connectivity index (χ3n) is 2.15. The van der Waals surface area contributed by atoms with Crippen molar-refractivity contribution in [3.8, 4) is 0 Å². The van der Waals surface area contributed by atoms with Crippen molar-refractivity contribution in [2.24, 2.45) is 0 Å². The molecule has 0 fully saturated rings. The average Bonchev–Trinajstić information content (AvgIpc) is 2.33. The Kier molecular flexibility index (Phi) is 5.44. The Balaban J connectivity index is 2.69. The van der Waals surface area contributed by atoms with Gasteiger partial charge < -0.3 is 10.1 Å². The predicted molar refractivity (Wildman–Crippen MR) is 70.9 cm³/mol. The number of nitrogens with one attached hydrogen (secondary N) is 1. The van der Waals surface area contributed by atoms with Crippen molar-refractivity contribution in [3.63, 3.8) is 0 Å². The first-order chi connectivity index (χ1) is 8.43. The van der Waals surface area contributed by atoms with Crippen LogP contribution in [0.2, 0.25) is 10.0 Å². The fourth-order valence-corrected chi connectivity index (χ4v) is 1.50. The zero-order valence-corrected chi connectivity index (χ0v) is 11.5. The van der Waals surface area contributed by atoms with Crippen LogP contribution in [-0.2, 0) is 14.3 Å². The van der Waals surface area contributed by atoms with Crippen LogP contribution in [0.15, 0.2) is 18.2 Å². The second-order valence-electron chi connectivity index (χ2n) is 3.60. The normalized spacial score (nSPS) is 11.8. The maximum absolute atomic E-state index is 11.7. The Bertz CT molecular complexity index is 463. The standard InChI is InChI=1S/C12H13Cl2NO3/c1-3-11(16)18-7(2)12(17)15-10-6-8(13)4-5-9(10)14/h4-7H,3H2,1-2H3,(H,15,17)/t7-/m1/s1. The van der Waals surface area contributed by atoms with Crippen molar-refractivity contribution >= 4 is 40.8 Å². The van der Waals surface area contributed by atoms with E-state index in [1.807, 2.05) is 0 Å². The van der Waals surface area contributed by atoms with E-state index in [9.17, 15) is 9.59 Å². The Hall–Kier alpha value is -1.26. The molecule has 0 aliphatic rings. The molecule has 0 heterocycles. The molecule has 1 rings (SSSR count). The number of carbonyl (C=O) groups is 2. The van der Waals surface area contributed by atoms with E-state index < -0.39 is 18.0 Å². The van der Waals surface area contributed by atoms with Crippen LogP contribution in [0.4, 0.5) is 5.69 Å². The zero-order chi connectivity index (χ0) is 13.7. The summed E-state index contributed by atoms with van der Waals surface area (Å²) >= 11 is 11.7. The number of esters is 1. The largest absolute Gasteiger partial charge is 0.453 e. The number of rotatable bonds is 4. The Morgan fingerprint density at radius 1 is 1.39 bits per heavy atom. The Labute approximate surface area is 115 Å². The lowest BCUT2D eigenvalue weighted by molar-refractivity contribution is -0.152. The molecule has 4 nitrogen and oxygen atoms in total. The van der Waals surface area contributed by atoms with Gasteiger partial charge in [0.25, 0.3) is 5.91 Å². The van der Waals surface area contributed by atoms with Gasteiger partial charge in [-0.3, -0.25) is 9.59 Å². The minimum atomic E-state index is -0.882. The van der Waals surface area contributed by atoms with E-state index in [-0.39, 0.29) is 6.42 Å². The predicted octanol–water partition coefficient (Wildman–Crippen LogP) is 3.27. The maximum atomic E-state index is 11.7. The van der Waals surface area contributed by atoms with Gasteiger partial charge in [-0.1, -0.05) is 30.1 Å². The van der Waals surface area contributed by atoms with Crippen LogP contribution in [0.1, 0.15) is 20.3 Å². The third-order valence-corrected chi connectivity index (χ3v) is 2.72. The molecular weight excluding hydrogens is 277 g/mol. The molecule has 1 atom stereocenters. The summed E-state index contributed by atoms with van der Waals surface area (Å²) in [5, 5.41) is 3.36. The van der Waals surface area contributed by atoms with Crippen molar-refractivity contribution < 1.29 is 14.3 Å². The highest BCUT2D eigenvalue weighted by Gasteiger charge is 2.17. The number of halogens is 2. The maximum Gasteiger partial charge on any atom is 0.306 e. The summed E-state index contributed by atoms with van der Waals surface area (Å²) in [5.74, 6) is -0.893. The molecule has 0 unspecified atom stereocenters. The van der Waals surface area contributed by atoms with E-state index in [1.165, 1.54) is 13.0 Å². The van der Waals surface area contributed by atoms with Crippen molar-refractivity contribution in [2.45, 2.75) is 26.4 Å². The van der Waals surface area contributed by atoms with Crippen molar-refractivity contribution in [3.05, 3.63) is 28.2 Å². The molecular formula is C12H13Cl2NO3. The third kappa shape index (κ3) is 4.20. The van der Waals surface area contributed by atoms with Gasteiger partial charge in [-0.05, 0) is 25.1 Å². The van der Waals surface area contributed by atoms with E-state index in [0.717, 1.165) is 0 Å². The summed E-state index contributed by atoms with van der Waals surface area (Å²) in [6, 6.07) is 4.71. The molecule has 0 aliphatic heterocycles. The van der Waals surface area contributed by atoms with Crippen molar-refractivity contribution in [1.82, 2.24) is 0 Å². The van der Waals surface area contributed by atoms with Gasteiger partial charge in [0.05, 0.1) is 10.7 Å². The van der Waals surface area contributed by atoms with Crippen LogP contribution < -0.4 is 5.32 Å². The van der Waals surface area contributed by atoms with Gasteiger partial charge in [0, 0.05) is 11.4 Å². The number of amides is 1. The van der Waals surface area contributed by atoms with Gasteiger partial charge in [0.2, 0.25) is 0 Å². The van der Waals surface area contributed by atoms with Crippen LogP contribution in [-0.4, -0.2) is 18.0 Å². The number of hydrogen-bond acceptors (Lipinski definition) is 3. The first kappa shape index (κ1) is 14.8. The van der Waals surface area contributed by atoms with Crippen LogP contribution >= 0.6 is 23.2 Å².